The molecule has 3 rings (SSSR count). The number of carbonyl (C=O) groups excluding carboxylic acids is 2. The van der Waals surface area contributed by atoms with Crippen molar-refractivity contribution in [2.24, 2.45) is 0 Å². The van der Waals surface area contributed by atoms with Gasteiger partial charge in [0.1, 0.15) is 11.5 Å². The van der Waals surface area contributed by atoms with E-state index in [4.69, 9.17) is 18.9 Å². The zero-order valence-electron chi connectivity index (χ0n) is 19.9. The molecule has 1 aliphatic carbocycles. The Morgan fingerprint density at radius 3 is 1.68 bits per heavy atom. The van der Waals surface area contributed by atoms with E-state index in [1.54, 1.807) is 18.2 Å². The maximum atomic E-state index is 12.5. The summed E-state index contributed by atoms with van der Waals surface area (Å²) in [7, 11) is 5.36. The second-order valence-electron chi connectivity index (χ2n) is 6.63. The van der Waals surface area contributed by atoms with Gasteiger partial charge in [-0.1, -0.05) is 24.3 Å². The van der Waals surface area contributed by atoms with Crippen LogP contribution in [-0.2, 0) is 14.3 Å². The van der Waals surface area contributed by atoms with E-state index in [-0.39, 0.29) is 93.3 Å². The number of Topliss-reactive ketones (excluding diaryl/α,β-unsaturated/α-hetero) is 1. The Kier molecular flexibility index (Phi) is 11.4. The average molecular weight is 482 g/mol. The molecule has 0 aliphatic heterocycles. The van der Waals surface area contributed by atoms with E-state index < -0.39 is 17.5 Å². The van der Waals surface area contributed by atoms with Gasteiger partial charge < -0.3 is 34.0 Å². The first-order valence-electron chi connectivity index (χ1n) is 9.40. The molecule has 0 radical (unpaired) electrons. The number of carbonyl (C=O) groups is 2. The molecule has 0 bridgehead atoms. The first-order valence-corrected chi connectivity index (χ1v) is 9.40. The summed E-state index contributed by atoms with van der Waals surface area (Å²) in [5, 5.41) is 24.3. The molecule has 2 aromatic carbocycles. The van der Waals surface area contributed by atoms with Crippen molar-refractivity contribution >= 4 is 17.3 Å². The number of aromatic carboxylic acids is 1. The predicted octanol–water partition coefficient (Wildman–Crippen LogP) is -4.41. The number of carboxylic acids is 1. The van der Waals surface area contributed by atoms with Crippen LogP contribution in [0.2, 0.25) is 0 Å². The number of carboxylic acid groups (broad SMARTS) is 1. The quantitative estimate of drug-likeness (QED) is 0.363. The molecule has 0 aromatic heterocycles. The Bertz CT molecular complexity index is 1130. The largest absolute Gasteiger partial charge is 1.00 e. The van der Waals surface area contributed by atoms with Crippen molar-refractivity contribution in [1.82, 2.24) is 0 Å². The Labute approximate surface area is 241 Å². The first kappa shape index (κ1) is 29.8. The molecule has 34 heavy (non-hydrogen) atoms. The number of methoxy groups -OCH3 is 4. The minimum absolute atomic E-state index is 0. The predicted molar refractivity (Wildman–Crippen MR) is 111 cm³/mol. The van der Waals surface area contributed by atoms with E-state index in [0.717, 1.165) is 0 Å². The number of hydrogen-bond acceptors (Lipinski definition) is 8. The summed E-state index contributed by atoms with van der Waals surface area (Å²) in [5.41, 5.74) is 1.40. The molecule has 0 N–H and O–H groups in total. The minimum atomic E-state index is -1.39. The third kappa shape index (κ3) is 5.89. The first-order chi connectivity index (χ1) is 15.4. The molecule has 166 valence electrons. The molecular formula is C24H20Na2O8. The van der Waals surface area contributed by atoms with Gasteiger partial charge in [0.05, 0.1) is 34.4 Å². The smallest absolute Gasteiger partial charge is 0.867 e. The van der Waals surface area contributed by atoms with E-state index in [9.17, 15) is 19.8 Å². The van der Waals surface area contributed by atoms with Gasteiger partial charge in [0.2, 0.25) is 0 Å². The summed E-state index contributed by atoms with van der Waals surface area (Å²) in [6, 6.07) is 9.16. The maximum Gasteiger partial charge on any atom is 1.00 e. The number of ketones is 1. The van der Waals surface area contributed by atoms with Crippen LogP contribution in [0.3, 0.4) is 0 Å². The number of hydrogen-bond donors (Lipinski definition) is 0. The van der Waals surface area contributed by atoms with Gasteiger partial charge in [0.15, 0.2) is 11.5 Å². The third-order valence-electron chi connectivity index (χ3n) is 4.91. The molecule has 0 unspecified atom stereocenters. The van der Waals surface area contributed by atoms with E-state index in [1.807, 2.05) is 0 Å². The van der Waals surface area contributed by atoms with Crippen LogP contribution in [-0.4, -0.2) is 40.2 Å². The average Bonchev–Trinajstić information content (AvgIpc) is 2.80. The summed E-state index contributed by atoms with van der Waals surface area (Å²) in [6.45, 7) is 0. The summed E-state index contributed by atoms with van der Waals surface area (Å²) < 4.78 is 20.8. The Morgan fingerprint density at radius 1 is 0.794 bits per heavy atom. The Balaban J connectivity index is 0.00000289. The molecule has 0 atom stereocenters. The van der Waals surface area contributed by atoms with E-state index in [2.05, 4.69) is 0 Å². The fourth-order valence-electron chi connectivity index (χ4n) is 3.41. The fraction of sp³-hybridized carbons (Fsp3) is 0.167. The Hall–Kier alpha value is -2.20. The zero-order valence-corrected chi connectivity index (χ0v) is 23.9. The number of rotatable bonds is 7. The summed E-state index contributed by atoms with van der Waals surface area (Å²) in [5.74, 6) is -2.31. The van der Waals surface area contributed by atoms with Crippen LogP contribution in [0, 0.1) is 0 Å². The molecule has 2 aromatic rings. The van der Waals surface area contributed by atoms with Crippen molar-refractivity contribution in [2.75, 3.05) is 28.4 Å². The molecule has 0 saturated carbocycles. The van der Waals surface area contributed by atoms with Gasteiger partial charge in [-0.2, -0.15) is 0 Å². The van der Waals surface area contributed by atoms with Gasteiger partial charge in [0.25, 0.3) is 5.78 Å². The second-order valence-corrected chi connectivity index (χ2v) is 6.63. The summed E-state index contributed by atoms with van der Waals surface area (Å²) in [4.78, 5) is 24.3. The Morgan fingerprint density at radius 2 is 1.26 bits per heavy atom. The monoisotopic (exact) mass is 482 g/mol. The molecule has 10 heteroatoms. The van der Waals surface area contributed by atoms with Crippen LogP contribution in [0.1, 0.15) is 21.5 Å². The van der Waals surface area contributed by atoms with Crippen molar-refractivity contribution in [3.63, 3.8) is 0 Å². The molecule has 0 amide bonds. The number of benzene rings is 2. The number of allylic oxidation sites excluding steroid dienone is 3. The van der Waals surface area contributed by atoms with E-state index in [1.165, 1.54) is 58.8 Å². The van der Waals surface area contributed by atoms with Crippen molar-refractivity contribution < 1.29 is 97.9 Å². The van der Waals surface area contributed by atoms with Gasteiger partial charge >= 0.3 is 59.1 Å². The van der Waals surface area contributed by atoms with Gasteiger partial charge in [-0.05, 0) is 52.3 Å². The van der Waals surface area contributed by atoms with Crippen LogP contribution in [0.4, 0.5) is 0 Å². The second kappa shape index (κ2) is 13.0. The molecule has 0 fully saturated rings. The van der Waals surface area contributed by atoms with E-state index in [0.29, 0.717) is 16.7 Å². The standard InChI is InChI=1S/C24H22O8.2Na/c1-29-17-9-13(10-18(30-2)22(17)25)21(15-7-5-6-8-16(15)24(27)28)14-11-19(31-3)23(26)20(12-14)32-4;;/h5-12,25H,1-4H3,(H,27,28);;/q;2*+1/p-2. The maximum absolute atomic E-state index is 12.5. The van der Waals surface area contributed by atoms with Crippen molar-refractivity contribution in [3.05, 3.63) is 82.3 Å². The normalized spacial score (nSPS) is 12.4. The molecule has 1 aliphatic rings. The van der Waals surface area contributed by atoms with Gasteiger partial charge in [-0.25, -0.2) is 0 Å². The summed E-state index contributed by atoms with van der Waals surface area (Å²) in [6.07, 6.45) is 2.94. The molecule has 0 saturated heterocycles. The van der Waals surface area contributed by atoms with E-state index >= 15 is 0 Å². The van der Waals surface area contributed by atoms with Crippen LogP contribution < -0.4 is 78.8 Å². The van der Waals surface area contributed by atoms with Crippen molar-refractivity contribution in [2.45, 2.75) is 0 Å². The fourth-order valence-corrected chi connectivity index (χ4v) is 3.41. The molecule has 0 spiro atoms. The SMILES string of the molecule is COC1=CC(=C(c2cc(OC)c([O-])c(OC)c2)c2ccccc2C(=O)[O-])C=C(OC)C1=O.[Na+].[Na+]. The molecule has 8 nitrogen and oxygen atoms in total. The summed E-state index contributed by atoms with van der Waals surface area (Å²) >= 11 is 0. The van der Waals surface area contributed by atoms with Crippen LogP contribution in [0.15, 0.2) is 65.6 Å². The number of ether oxygens (including phenoxy) is 4. The molecular weight excluding hydrogens is 462 g/mol. The van der Waals surface area contributed by atoms with Gasteiger partial charge in [-0.3, -0.25) is 4.79 Å². The third-order valence-corrected chi connectivity index (χ3v) is 4.91. The topological polar surface area (TPSA) is 117 Å². The van der Waals surface area contributed by atoms with Crippen LogP contribution in [0.25, 0.3) is 5.57 Å². The molecule has 0 heterocycles. The van der Waals surface area contributed by atoms with Crippen molar-refractivity contribution in [3.8, 4) is 17.2 Å². The van der Waals surface area contributed by atoms with Gasteiger partial charge in [0, 0.05) is 5.56 Å². The van der Waals surface area contributed by atoms with Crippen LogP contribution >= 0.6 is 0 Å². The zero-order chi connectivity index (χ0) is 23.4. The van der Waals surface area contributed by atoms with Gasteiger partial charge in [-0.15, -0.1) is 0 Å². The van der Waals surface area contributed by atoms with Crippen LogP contribution in [0.5, 0.6) is 17.2 Å². The van der Waals surface area contributed by atoms with Crippen molar-refractivity contribution in [1.29, 1.82) is 0 Å². The minimum Gasteiger partial charge on any atom is -0.867 e.